The van der Waals surface area contributed by atoms with Gasteiger partial charge in [-0.05, 0) is 37.8 Å². The van der Waals surface area contributed by atoms with E-state index in [0.29, 0.717) is 19.1 Å². The molecule has 0 radical (unpaired) electrons. The highest BCUT2D eigenvalue weighted by molar-refractivity contribution is 5.81. The van der Waals surface area contributed by atoms with Crippen LogP contribution in [0, 0.1) is 12.8 Å². The van der Waals surface area contributed by atoms with Gasteiger partial charge in [0.2, 0.25) is 5.91 Å². The molecule has 0 aliphatic carbocycles. The van der Waals surface area contributed by atoms with Crippen LogP contribution >= 0.6 is 0 Å². The second kappa shape index (κ2) is 7.23. The maximum atomic E-state index is 12.1. The topological polar surface area (TPSA) is 76.6 Å². The highest BCUT2D eigenvalue weighted by atomic mass is 16.5. The molecule has 0 aromatic carbocycles. The maximum Gasteiger partial charge on any atom is 0.249 e. The summed E-state index contributed by atoms with van der Waals surface area (Å²) in [6.07, 6.45) is 1.56. The molecule has 2 aliphatic heterocycles. The molecule has 3 heterocycles. The molecule has 0 saturated carbocycles. The Morgan fingerprint density at radius 2 is 2.35 bits per heavy atom. The molecule has 0 bridgehead atoms. The van der Waals surface area contributed by atoms with Gasteiger partial charge in [-0.2, -0.15) is 5.10 Å². The molecule has 7 heteroatoms. The summed E-state index contributed by atoms with van der Waals surface area (Å²) in [5, 5.41) is 11.2. The summed E-state index contributed by atoms with van der Waals surface area (Å²) in [5.41, 5.74) is 0.911. The van der Waals surface area contributed by atoms with Crippen molar-refractivity contribution in [3.05, 3.63) is 17.8 Å². The number of amides is 1. The molecule has 1 aromatic rings. The van der Waals surface area contributed by atoms with Crippen LogP contribution in [0.5, 0.6) is 0 Å². The maximum absolute atomic E-state index is 12.1. The molecule has 2 aliphatic rings. The summed E-state index contributed by atoms with van der Waals surface area (Å²) in [6.45, 7) is 4.67. The van der Waals surface area contributed by atoms with Crippen molar-refractivity contribution in [3.8, 4) is 0 Å². The van der Waals surface area contributed by atoms with Crippen LogP contribution in [-0.4, -0.2) is 61.7 Å². The SMILES string of the molecule is COCCNC(=O)[C@@H]1C[C@@H]2CCN(c3ccc(C)nn3)C[C@@H]2O1. The molecule has 1 aromatic heterocycles. The Labute approximate surface area is 136 Å². The van der Waals surface area contributed by atoms with E-state index in [2.05, 4.69) is 20.4 Å². The number of fused-ring (bicyclic) bond motifs is 1. The van der Waals surface area contributed by atoms with Crippen LogP contribution in [0.1, 0.15) is 18.5 Å². The van der Waals surface area contributed by atoms with Gasteiger partial charge < -0.3 is 19.7 Å². The Morgan fingerprint density at radius 3 is 3.09 bits per heavy atom. The molecule has 23 heavy (non-hydrogen) atoms. The summed E-state index contributed by atoms with van der Waals surface area (Å²) in [7, 11) is 1.62. The van der Waals surface area contributed by atoms with Crippen molar-refractivity contribution < 1.29 is 14.3 Å². The molecule has 126 valence electrons. The molecule has 0 spiro atoms. The zero-order valence-corrected chi connectivity index (χ0v) is 13.7. The van der Waals surface area contributed by atoms with Crippen molar-refractivity contribution in [3.63, 3.8) is 0 Å². The average Bonchev–Trinajstić information content (AvgIpc) is 2.99. The molecule has 7 nitrogen and oxygen atoms in total. The predicted molar refractivity (Wildman–Crippen MR) is 85.3 cm³/mol. The first-order valence-electron chi connectivity index (χ1n) is 8.14. The van der Waals surface area contributed by atoms with Gasteiger partial charge in [0.25, 0.3) is 0 Å². The molecule has 0 unspecified atom stereocenters. The Morgan fingerprint density at radius 1 is 1.48 bits per heavy atom. The number of methoxy groups -OCH3 is 1. The smallest absolute Gasteiger partial charge is 0.249 e. The molecule has 3 atom stereocenters. The van der Waals surface area contributed by atoms with E-state index < -0.39 is 0 Å². The molecule has 2 saturated heterocycles. The van der Waals surface area contributed by atoms with Gasteiger partial charge in [0.1, 0.15) is 6.10 Å². The van der Waals surface area contributed by atoms with E-state index >= 15 is 0 Å². The van der Waals surface area contributed by atoms with Crippen molar-refractivity contribution in [2.24, 2.45) is 5.92 Å². The Balaban J connectivity index is 1.55. The minimum absolute atomic E-state index is 0.0295. The highest BCUT2D eigenvalue weighted by Crippen LogP contribution is 2.34. The number of nitrogens with zero attached hydrogens (tertiary/aromatic N) is 3. The lowest BCUT2D eigenvalue weighted by atomic mass is 9.91. The summed E-state index contributed by atoms with van der Waals surface area (Å²) < 4.78 is 10.9. The first-order chi connectivity index (χ1) is 11.2. The molecule has 3 rings (SSSR count). The van der Waals surface area contributed by atoms with Crippen LogP contribution in [0.15, 0.2) is 12.1 Å². The third-order valence-corrected chi connectivity index (χ3v) is 4.56. The van der Waals surface area contributed by atoms with Crippen LogP contribution in [-0.2, 0) is 14.3 Å². The standard InChI is InChI=1S/C16H24N4O3/c1-11-3-4-15(19-18-11)20-7-5-12-9-13(23-14(12)10-20)16(21)17-6-8-22-2/h3-4,12-14H,5-10H2,1-2H3,(H,17,21)/t12-,13-,14-/m0/s1. The second-order valence-corrected chi connectivity index (χ2v) is 6.21. The number of aromatic nitrogens is 2. The molecule has 1 N–H and O–H groups in total. The normalized spacial score (nSPS) is 26.9. The number of rotatable bonds is 5. The highest BCUT2D eigenvalue weighted by Gasteiger charge is 2.42. The number of nitrogens with one attached hydrogen (secondary N) is 1. The predicted octanol–water partition coefficient (Wildman–Crippen LogP) is 0.531. The third kappa shape index (κ3) is 3.79. The average molecular weight is 320 g/mol. The zero-order chi connectivity index (χ0) is 16.2. The van der Waals surface area contributed by atoms with Crippen molar-refractivity contribution in [1.82, 2.24) is 15.5 Å². The van der Waals surface area contributed by atoms with Gasteiger partial charge in [-0.3, -0.25) is 4.79 Å². The molecular weight excluding hydrogens is 296 g/mol. The first-order valence-corrected chi connectivity index (χ1v) is 8.14. The number of carbonyl (C=O) groups is 1. The summed E-state index contributed by atoms with van der Waals surface area (Å²) in [4.78, 5) is 14.3. The number of aryl methyl sites for hydroxylation is 1. The monoisotopic (exact) mass is 320 g/mol. The lowest BCUT2D eigenvalue weighted by Crippen LogP contribution is -2.43. The first kappa shape index (κ1) is 16.1. The third-order valence-electron chi connectivity index (χ3n) is 4.56. The Hall–Kier alpha value is -1.73. The Kier molecular flexibility index (Phi) is 5.07. The molecular formula is C16H24N4O3. The van der Waals surface area contributed by atoms with Crippen LogP contribution < -0.4 is 10.2 Å². The lowest BCUT2D eigenvalue weighted by molar-refractivity contribution is -0.132. The van der Waals surface area contributed by atoms with E-state index in [4.69, 9.17) is 9.47 Å². The number of piperidine rings is 1. The van der Waals surface area contributed by atoms with E-state index in [1.165, 1.54) is 0 Å². The van der Waals surface area contributed by atoms with Gasteiger partial charge in [-0.25, -0.2) is 0 Å². The number of carbonyl (C=O) groups excluding carboxylic acids is 1. The van der Waals surface area contributed by atoms with Crippen molar-refractivity contribution >= 4 is 11.7 Å². The Bertz CT molecular complexity index is 537. The van der Waals surface area contributed by atoms with Gasteiger partial charge in [-0.1, -0.05) is 0 Å². The van der Waals surface area contributed by atoms with E-state index in [1.807, 2.05) is 19.1 Å². The number of hydrogen-bond donors (Lipinski definition) is 1. The van der Waals surface area contributed by atoms with Crippen LogP contribution in [0.3, 0.4) is 0 Å². The lowest BCUT2D eigenvalue weighted by Gasteiger charge is -2.34. The van der Waals surface area contributed by atoms with Crippen molar-refractivity contribution in [1.29, 1.82) is 0 Å². The van der Waals surface area contributed by atoms with Crippen LogP contribution in [0.25, 0.3) is 0 Å². The summed E-state index contributed by atoms with van der Waals surface area (Å²) >= 11 is 0. The molecule has 2 fully saturated rings. The van der Waals surface area contributed by atoms with Gasteiger partial charge in [0, 0.05) is 26.7 Å². The second-order valence-electron chi connectivity index (χ2n) is 6.21. The fraction of sp³-hybridized carbons (Fsp3) is 0.688. The van der Waals surface area contributed by atoms with Crippen molar-refractivity contribution in [2.75, 3.05) is 38.3 Å². The summed E-state index contributed by atoms with van der Waals surface area (Å²) in [6, 6.07) is 3.96. The van der Waals surface area contributed by atoms with Crippen LogP contribution in [0.2, 0.25) is 0 Å². The fourth-order valence-corrected chi connectivity index (χ4v) is 3.26. The zero-order valence-electron chi connectivity index (χ0n) is 13.7. The van der Waals surface area contributed by atoms with Gasteiger partial charge in [0.05, 0.1) is 18.4 Å². The minimum Gasteiger partial charge on any atom is -0.383 e. The quantitative estimate of drug-likeness (QED) is 0.798. The fourth-order valence-electron chi connectivity index (χ4n) is 3.26. The van der Waals surface area contributed by atoms with Gasteiger partial charge >= 0.3 is 0 Å². The number of anilines is 1. The van der Waals surface area contributed by atoms with Gasteiger partial charge in [0.15, 0.2) is 5.82 Å². The van der Waals surface area contributed by atoms with E-state index in [9.17, 15) is 4.79 Å². The minimum atomic E-state index is -0.342. The molecule has 1 amide bonds. The van der Waals surface area contributed by atoms with Crippen LogP contribution in [0.4, 0.5) is 5.82 Å². The van der Waals surface area contributed by atoms with E-state index in [1.54, 1.807) is 7.11 Å². The largest absolute Gasteiger partial charge is 0.383 e. The number of hydrogen-bond acceptors (Lipinski definition) is 6. The summed E-state index contributed by atoms with van der Waals surface area (Å²) in [5.74, 6) is 1.30. The van der Waals surface area contributed by atoms with E-state index in [0.717, 1.165) is 37.4 Å². The van der Waals surface area contributed by atoms with E-state index in [-0.39, 0.29) is 18.1 Å². The van der Waals surface area contributed by atoms with Crippen molar-refractivity contribution in [2.45, 2.75) is 32.0 Å². The number of ether oxygens (including phenoxy) is 2. The van der Waals surface area contributed by atoms with Gasteiger partial charge in [-0.15, -0.1) is 5.10 Å².